The van der Waals surface area contributed by atoms with Gasteiger partial charge in [-0.1, -0.05) is 47.9 Å². The van der Waals surface area contributed by atoms with Gasteiger partial charge in [-0.05, 0) is 23.3 Å². The summed E-state index contributed by atoms with van der Waals surface area (Å²) in [6.45, 7) is 0. The Morgan fingerprint density at radius 2 is 2.07 bits per heavy atom. The van der Waals surface area contributed by atoms with E-state index >= 15 is 0 Å². The molecule has 0 aromatic rings. The Morgan fingerprint density at radius 1 is 1.43 bits per heavy atom. The Bertz CT molecular complexity index is 217. The van der Waals surface area contributed by atoms with Crippen molar-refractivity contribution in [3.05, 3.63) is 10.2 Å². The largest absolute Gasteiger partial charge is 0.469 e. The first-order valence-electron chi connectivity index (χ1n) is 5.09. The summed E-state index contributed by atoms with van der Waals surface area (Å²) in [5.74, 6) is -0.0216. The number of hydrogen-bond acceptors (Lipinski definition) is 2. The number of carbonyl (C=O) groups excluding carboxylic acids is 1. The Kier molecular flexibility index (Phi) is 4.92. The highest BCUT2D eigenvalue weighted by atomic mass is 127. The van der Waals surface area contributed by atoms with E-state index in [1.807, 2.05) is 4.08 Å². The Balaban J connectivity index is 2.71. The minimum Gasteiger partial charge on any atom is -0.469 e. The highest BCUT2D eigenvalue weighted by Crippen LogP contribution is 2.40. The van der Waals surface area contributed by atoms with Crippen LogP contribution in [0.1, 0.15) is 38.5 Å². The van der Waals surface area contributed by atoms with Gasteiger partial charge >= 0.3 is 5.97 Å². The van der Waals surface area contributed by atoms with Crippen LogP contribution >= 0.6 is 22.6 Å². The molecular weight excluding hydrogens is 291 g/mol. The maximum Gasteiger partial charge on any atom is 0.312 e. The molecule has 0 heterocycles. The Morgan fingerprint density at radius 3 is 2.57 bits per heavy atom. The summed E-state index contributed by atoms with van der Waals surface area (Å²) in [5, 5.41) is 0. The first-order valence-corrected chi connectivity index (χ1v) is 6.33. The van der Waals surface area contributed by atoms with E-state index in [4.69, 9.17) is 4.74 Å². The van der Waals surface area contributed by atoms with Gasteiger partial charge in [0.15, 0.2) is 0 Å². The molecule has 0 bridgehead atoms. The summed E-state index contributed by atoms with van der Waals surface area (Å²) in [4.78, 5) is 11.7. The van der Waals surface area contributed by atoms with Crippen LogP contribution in [0, 0.1) is 5.41 Å². The van der Waals surface area contributed by atoms with Crippen LogP contribution in [0.4, 0.5) is 0 Å². The van der Waals surface area contributed by atoms with Crippen LogP contribution in [0.3, 0.4) is 0 Å². The summed E-state index contributed by atoms with van der Waals surface area (Å²) in [6, 6.07) is 0. The Hall–Kier alpha value is -0.0600. The molecule has 0 radical (unpaired) electrons. The van der Waals surface area contributed by atoms with E-state index in [1.165, 1.54) is 13.5 Å². The molecular formula is C11H17IO2. The summed E-state index contributed by atoms with van der Waals surface area (Å²) in [7, 11) is 1.49. The van der Waals surface area contributed by atoms with Crippen LogP contribution < -0.4 is 0 Å². The molecule has 0 amide bonds. The fraction of sp³-hybridized carbons (Fsp3) is 0.727. The van der Waals surface area contributed by atoms with E-state index in [9.17, 15) is 4.79 Å². The van der Waals surface area contributed by atoms with Gasteiger partial charge in [-0.15, -0.1) is 0 Å². The van der Waals surface area contributed by atoms with Crippen molar-refractivity contribution in [1.29, 1.82) is 0 Å². The lowest BCUT2D eigenvalue weighted by Gasteiger charge is -2.33. The van der Waals surface area contributed by atoms with E-state index in [2.05, 4.69) is 28.7 Å². The molecule has 0 N–H and O–H groups in total. The van der Waals surface area contributed by atoms with Crippen LogP contribution in [0.25, 0.3) is 0 Å². The number of carbonyl (C=O) groups is 1. The zero-order valence-electron chi connectivity index (χ0n) is 8.59. The number of methoxy groups -OCH3 is 1. The molecule has 0 spiro atoms. The molecule has 14 heavy (non-hydrogen) atoms. The number of halogens is 1. The molecule has 2 nitrogen and oxygen atoms in total. The van der Waals surface area contributed by atoms with Crippen molar-refractivity contribution < 1.29 is 9.53 Å². The van der Waals surface area contributed by atoms with Gasteiger partial charge < -0.3 is 4.74 Å². The minimum absolute atomic E-state index is 0.0216. The first kappa shape index (κ1) is 12.0. The van der Waals surface area contributed by atoms with E-state index < -0.39 is 0 Å². The van der Waals surface area contributed by atoms with Crippen molar-refractivity contribution >= 4 is 28.6 Å². The molecule has 1 saturated carbocycles. The minimum atomic E-state index is -0.214. The second-order valence-corrected chi connectivity index (χ2v) is 4.62. The monoisotopic (exact) mass is 308 g/mol. The highest BCUT2D eigenvalue weighted by Gasteiger charge is 2.39. The van der Waals surface area contributed by atoms with Gasteiger partial charge in [-0.3, -0.25) is 4.79 Å². The number of hydrogen-bond donors (Lipinski definition) is 0. The number of rotatable bonds is 3. The molecule has 0 atom stereocenters. The molecule has 3 heteroatoms. The molecule has 0 saturated heterocycles. The summed E-state index contributed by atoms with van der Waals surface area (Å²) < 4.78 is 6.90. The van der Waals surface area contributed by atoms with Gasteiger partial charge in [0.2, 0.25) is 0 Å². The van der Waals surface area contributed by atoms with E-state index in [1.54, 1.807) is 0 Å². The SMILES string of the molecule is COC(=O)C1(C/C=C\I)CCCCC1. The molecule has 0 unspecified atom stereocenters. The third kappa shape index (κ3) is 2.72. The van der Waals surface area contributed by atoms with Crippen molar-refractivity contribution in [2.75, 3.05) is 7.11 Å². The molecule has 1 fully saturated rings. The van der Waals surface area contributed by atoms with E-state index in [0.717, 1.165) is 32.1 Å². The average Bonchev–Trinajstić information content (AvgIpc) is 2.26. The molecule has 1 aliphatic carbocycles. The van der Waals surface area contributed by atoms with Gasteiger partial charge in [0.1, 0.15) is 0 Å². The number of esters is 1. The standard InChI is InChI=1S/C11H17IO2/c1-14-10(13)11(8-5-9-12)6-3-2-4-7-11/h5,9H,2-4,6-8H2,1H3/b9-5-. The summed E-state index contributed by atoms with van der Waals surface area (Å²) in [6.07, 6.45) is 8.45. The lowest BCUT2D eigenvalue weighted by Crippen LogP contribution is -2.34. The van der Waals surface area contributed by atoms with Crippen LogP contribution in [-0.2, 0) is 9.53 Å². The maximum absolute atomic E-state index is 11.7. The maximum atomic E-state index is 11.7. The van der Waals surface area contributed by atoms with Crippen molar-refractivity contribution in [1.82, 2.24) is 0 Å². The summed E-state index contributed by atoms with van der Waals surface area (Å²) >= 11 is 2.19. The van der Waals surface area contributed by atoms with Crippen LogP contribution in [0.2, 0.25) is 0 Å². The van der Waals surface area contributed by atoms with Gasteiger partial charge in [-0.2, -0.15) is 0 Å². The van der Waals surface area contributed by atoms with Crippen molar-refractivity contribution in [3.8, 4) is 0 Å². The van der Waals surface area contributed by atoms with E-state index in [-0.39, 0.29) is 11.4 Å². The number of ether oxygens (including phenoxy) is 1. The third-order valence-electron chi connectivity index (χ3n) is 3.03. The lowest BCUT2D eigenvalue weighted by atomic mass is 9.72. The first-order chi connectivity index (χ1) is 6.75. The smallest absolute Gasteiger partial charge is 0.312 e. The average molecular weight is 308 g/mol. The molecule has 80 valence electrons. The van der Waals surface area contributed by atoms with Gasteiger partial charge in [0, 0.05) is 0 Å². The molecule has 0 aliphatic heterocycles. The van der Waals surface area contributed by atoms with Gasteiger partial charge in [0.25, 0.3) is 0 Å². The van der Waals surface area contributed by atoms with Gasteiger partial charge in [-0.25, -0.2) is 0 Å². The van der Waals surface area contributed by atoms with Crippen LogP contribution in [0.5, 0.6) is 0 Å². The second kappa shape index (κ2) is 5.73. The predicted octanol–water partition coefficient (Wildman–Crippen LogP) is 3.45. The Labute approximate surface area is 99.2 Å². The zero-order chi connectivity index (χ0) is 10.4. The second-order valence-electron chi connectivity index (χ2n) is 3.90. The molecule has 0 aromatic heterocycles. The summed E-state index contributed by atoms with van der Waals surface area (Å²) in [5.41, 5.74) is -0.214. The van der Waals surface area contributed by atoms with Crippen molar-refractivity contribution in [2.45, 2.75) is 38.5 Å². The van der Waals surface area contributed by atoms with Crippen molar-refractivity contribution in [3.63, 3.8) is 0 Å². The predicted molar refractivity (Wildman–Crippen MR) is 65.3 cm³/mol. The normalized spacial score (nSPS) is 21.0. The fourth-order valence-electron chi connectivity index (χ4n) is 2.21. The topological polar surface area (TPSA) is 26.3 Å². The fourth-order valence-corrected chi connectivity index (χ4v) is 2.46. The zero-order valence-corrected chi connectivity index (χ0v) is 10.7. The van der Waals surface area contributed by atoms with Crippen LogP contribution in [0.15, 0.2) is 10.2 Å². The van der Waals surface area contributed by atoms with Crippen LogP contribution in [-0.4, -0.2) is 13.1 Å². The third-order valence-corrected chi connectivity index (χ3v) is 3.54. The molecule has 1 rings (SSSR count). The molecule has 0 aromatic carbocycles. The molecule has 1 aliphatic rings. The van der Waals surface area contributed by atoms with E-state index in [0.29, 0.717) is 0 Å². The van der Waals surface area contributed by atoms with Crippen molar-refractivity contribution in [2.24, 2.45) is 5.41 Å². The highest BCUT2D eigenvalue weighted by molar-refractivity contribution is 14.1. The quantitative estimate of drug-likeness (QED) is 0.589. The lowest BCUT2D eigenvalue weighted by molar-refractivity contribution is -0.154. The number of allylic oxidation sites excluding steroid dienone is 1. The van der Waals surface area contributed by atoms with Gasteiger partial charge in [0.05, 0.1) is 12.5 Å².